The molecule has 0 fully saturated rings. The fourth-order valence-electron chi connectivity index (χ4n) is 2.76. The third-order valence-electron chi connectivity index (χ3n) is 3.91. The molecule has 3 nitrogen and oxygen atoms in total. The van der Waals surface area contributed by atoms with E-state index in [1.54, 1.807) is 17.0 Å². The van der Waals surface area contributed by atoms with Crippen LogP contribution in [-0.4, -0.2) is 17.4 Å². The van der Waals surface area contributed by atoms with Crippen LogP contribution < -0.4 is 5.73 Å². The van der Waals surface area contributed by atoms with Crippen LogP contribution in [0.25, 0.3) is 0 Å². The standard InChI is InChI=1S/C17H17FN2O/c18-15-8-3-9-16(19)14(15)11-20-10-4-6-12-5-1-2-7-13(12)17(20)21/h1-3,5,7-9H,4,6,10-11,19H2. The van der Waals surface area contributed by atoms with E-state index < -0.39 is 0 Å². The van der Waals surface area contributed by atoms with Gasteiger partial charge in [0.05, 0.1) is 6.54 Å². The molecule has 0 unspecified atom stereocenters. The van der Waals surface area contributed by atoms with Gasteiger partial charge >= 0.3 is 0 Å². The fraction of sp³-hybridized carbons (Fsp3) is 0.235. The number of nitrogen functional groups attached to an aromatic ring is 1. The summed E-state index contributed by atoms with van der Waals surface area (Å²) < 4.78 is 13.9. The smallest absolute Gasteiger partial charge is 0.254 e. The number of carbonyl (C=O) groups is 1. The van der Waals surface area contributed by atoms with Gasteiger partial charge in [-0.3, -0.25) is 4.79 Å². The molecule has 0 atom stereocenters. The van der Waals surface area contributed by atoms with Gasteiger partial charge in [-0.1, -0.05) is 24.3 Å². The van der Waals surface area contributed by atoms with Crippen molar-refractivity contribution < 1.29 is 9.18 Å². The van der Waals surface area contributed by atoms with E-state index in [-0.39, 0.29) is 18.3 Å². The molecule has 108 valence electrons. The number of hydrogen-bond acceptors (Lipinski definition) is 2. The molecule has 0 aliphatic carbocycles. The maximum absolute atomic E-state index is 13.9. The minimum atomic E-state index is -0.361. The highest BCUT2D eigenvalue weighted by molar-refractivity contribution is 5.96. The Morgan fingerprint density at radius 1 is 1.14 bits per heavy atom. The molecule has 21 heavy (non-hydrogen) atoms. The Kier molecular flexibility index (Phi) is 3.60. The van der Waals surface area contributed by atoms with Crippen LogP contribution in [0, 0.1) is 5.82 Å². The van der Waals surface area contributed by atoms with E-state index >= 15 is 0 Å². The van der Waals surface area contributed by atoms with Gasteiger partial charge in [0.25, 0.3) is 5.91 Å². The zero-order chi connectivity index (χ0) is 14.8. The monoisotopic (exact) mass is 284 g/mol. The van der Waals surface area contributed by atoms with Crippen LogP contribution in [0.3, 0.4) is 0 Å². The second kappa shape index (κ2) is 5.56. The number of fused-ring (bicyclic) bond motifs is 1. The Labute approximate surface area is 123 Å². The first-order valence-corrected chi connectivity index (χ1v) is 7.07. The number of hydrogen-bond donors (Lipinski definition) is 1. The number of nitrogens with zero attached hydrogens (tertiary/aromatic N) is 1. The first-order valence-electron chi connectivity index (χ1n) is 7.07. The van der Waals surface area contributed by atoms with E-state index in [1.807, 2.05) is 24.3 Å². The molecular formula is C17H17FN2O. The molecule has 0 spiro atoms. The quantitative estimate of drug-likeness (QED) is 0.862. The molecule has 2 N–H and O–H groups in total. The van der Waals surface area contributed by atoms with Gasteiger partial charge in [0.2, 0.25) is 0 Å². The van der Waals surface area contributed by atoms with E-state index in [2.05, 4.69) is 0 Å². The molecule has 4 heteroatoms. The topological polar surface area (TPSA) is 46.3 Å². The van der Waals surface area contributed by atoms with E-state index in [0.717, 1.165) is 18.4 Å². The Balaban J connectivity index is 1.92. The number of aryl methyl sites for hydroxylation is 1. The summed E-state index contributed by atoms with van der Waals surface area (Å²) in [5.74, 6) is -0.411. The first kappa shape index (κ1) is 13.6. The Bertz CT molecular complexity index is 664. The highest BCUT2D eigenvalue weighted by Gasteiger charge is 2.23. The van der Waals surface area contributed by atoms with Crippen LogP contribution >= 0.6 is 0 Å². The van der Waals surface area contributed by atoms with Crippen LogP contribution in [0.2, 0.25) is 0 Å². The summed E-state index contributed by atoms with van der Waals surface area (Å²) in [7, 11) is 0. The van der Waals surface area contributed by atoms with Gasteiger partial charge in [0.15, 0.2) is 0 Å². The van der Waals surface area contributed by atoms with Gasteiger partial charge in [-0.05, 0) is 36.6 Å². The van der Waals surface area contributed by atoms with Crippen molar-refractivity contribution in [2.45, 2.75) is 19.4 Å². The fourth-order valence-corrected chi connectivity index (χ4v) is 2.76. The zero-order valence-corrected chi connectivity index (χ0v) is 11.7. The number of anilines is 1. The molecule has 3 rings (SSSR count). The predicted molar refractivity (Wildman–Crippen MR) is 80.3 cm³/mol. The molecule has 0 radical (unpaired) electrons. The van der Waals surface area contributed by atoms with E-state index in [9.17, 15) is 9.18 Å². The lowest BCUT2D eigenvalue weighted by Gasteiger charge is -2.22. The van der Waals surface area contributed by atoms with Crippen LogP contribution in [0.5, 0.6) is 0 Å². The van der Waals surface area contributed by atoms with E-state index in [1.165, 1.54) is 6.07 Å². The molecule has 0 saturated heterocycles. The molecule has 1 amide bonds. The molecule has 2 aromatic rings. The highest BCUT2D eigenvalue weighted by atomic mass is 19.1. The van der Waals surface area contributed by atoms with Gasteiger partial charge in [0, 0.05) is 23.4 Å². The van der Waals surface area contributed by atoms with Crippen molar-refractivity contribution >= 4 is 11.6 Å². The van der Waals surface area contributed by atoms with Gasteiger partial charge in [-0.2, -0.15) is 0 Å². The number of nitrogens with two attached hydrogens (primary N) is 1. The minimum absolute atomic E-state index is 0.0502. The van der Waals surface area contributed by atoms with Crippen LogP contribution in [0.1, 0.15) is 27.9 Å². The molecular weight excluding hydrogens is 267 g/mol. The Morgan fingerprint density at radius 3 is 2.76 bits per heavy atom. The van der Waals surface area contributed by atoms with Crippen molar-refractivity contribution in [1.82, 2.24) is 4.90 Å². The van der Waals surface area contributed by atoms with Crippen molar-refractivity contribution in [2.24, 2.45) is 0 Å². The highest BCUT2D eigenvalue weighted by Crippen LogP contribution is 2.23. The van der Waals surface area contributed by atoms with Gasteiger partial charge in [-0.25, -0.2) is 4.39 Å². The van der Waals surface area contributed by atoms with Gasteiger partial charge in [0.1, 0.15) is 5.82 Å². The maximum Gasteiger partial charge on any atom is 0.254 e. The average molecular weight is 284 g/mol. The van der Waals surface area contributed by atoms with Gasteiger partial charge in [-0.15, -0.1) is 0 Å². The zero-order valence-electron chi connectivity index (χ0n) is 11.7. The second-order valence-electron chi connectivity index (χ2n) is 5.30. The number of halogens is 1. The minimum Gasteiger partial charge on any atom is -0.398 e. The Hall–Kier alpha value is -2.36. The second-order valence-corrected chi connectivity index (χ2v) is 5.30. The molecule has 1 aliphatic rings. The number of benzene rings is 2. The first-order chi connectivity index (χ1) is 10.2. The van der Waals surface area contributed by atoms with Gasteiger partial charge < -0.3 is 10.6 Å². The average Bonchev–Trinajstić information content (AvgIpc) is 2.63. The Morgan fingerprint density at radius 2 is 1.95 bits per heavy atom. The summed E-state index contributed by atoms with van der Waals surface area (Å²) in [6.07, 6.45) is 1.74. The molecule has 0 bridgehead atoms. The summed E-state index contributed by atoms with van der Waals surface area (Å²) in [4.78, 5) is 14.3. The lowest BCUT2D eigenvalue weighted by atomic mass is 10.0. The largest absolute Gasteiger partial charge is 0.398 e. The van der Waals surface area contributed by atoms with Crippen LogP contribution in [0.4, 0.5) is 10.1 Å². The van der Waals surface area contributed by atoms with Crippen molar-refractivity contribution in [3.05, 3.63) is 65.0 Å². The molecule has 2 aromatic carbocycles. The van der Waals surface area contributed by atoms with Crippen LogP contribution in [0.15, 0.2) is 42.5 Å². The summed E-state index contributed by atoms with van der Waals surface area (Å²) >= 11 is 0. The maximum atomic E-state index is 13.9. The molecule has 1 aliphatic heterocycles. The molecule has 1 heterocycles. The third kappa shape index (κ3) is 2.61. The van der Waals surface area contributed by atoms with Crippen molar-refractivity contribution in [3.63, 3.8) is 0 Å². The van der Waals surface area contributed by atoms with Crippen molar-refractivity contribution in [1.29, 1.82) is 0 Å². The SMILES string of the molecule is Nc1cccc(F)c1CN1CCCc2ccccc2C1=O. The summed E-state index contributed by atoms with van der Waals surface area (Å²) in [5, 5.41) is 0. The normalized spacial score (nSPS) is 14.7. The summed E-state index contributed by atoms with van der Waals surface area (Å²) in [6, 6.07) is 12.2. The summed E-state index contributed by atoms with van der Waals surface area (Å²) in [5.41, 5.74) is 8.40. The van der Waals surface area contributed by atoms with E-state index in [0.29, 0.717) is 23.4 Å². The number of amides is 1. The number of rotatable bonds is 2. The number of carbonyl (C=O) groups excluding carboxylic acids is 1. The predicted octanol–water partition coefficient (Wildman–Crippen LogP) is 3.00. The summed E-state index contributed by atoms with van der Waals surface area (Å²) in [6.45, 7) is 0.826. The molecule has 0 aromatic heterocycles. The molecule has 0 saturated carbocycles. The van der Waals surface area contributed by atoms with Crippen molar-refractivity contribution in [3.8, 4) is 0 Å². The lowest BCUT2D eigenvalue weighted by Crippen LogP contribution is -2.31. The van der Waals surface area contributed by atoms with E-state index in [4.69, 9.17) is 5.73 Å². The van der Waals surface area contributed by atoms with Crippen molar-refractivity contribution in [2.75, 3.05) is 12.3 Å². The lowest BCUT2D eigenvalue weighted by molar-refractivity contribution is 0.0747. The van der Waals surface area contributed by atoms with Crippen LogP contribution in [-0.2, 0) is 13.0 Å². The third-order valence-corrected chi connectivity index (χ3v) is 3.91.